The van der Waals surface area contributed by atoms with Crippen LogP contribution in [0, 0.1) is 0 Å². The van der Waals surface area contributed by atoms with Gasteiger partial charge in [0.2, 0.25) is 5.95 Å². The van der Waals surface area contributed by atoms with E-state index in [-0.39, 0.29) is 21.9 Å². The van der Waals surface area contributed by atoms with E-state index in [1.807, 2.05) is 0 Å². The molecule has 1 rings (SSSR count). The van der Waals surface area contributed by atoms with Gasteiger partial charge in [-0.3, -0.25) is 4.99 Å². The first-order valence-electron chi connectivity index (χ1n) is 2.60. The van der Waals surface area contributed by atoms with Gasteiger partial charge in [-0.05, 0) is 6.72 Å². The first-order chi connectivity index (χ1) is 5.15. The summed E-state index contributed by atoms with van der Waals surface area (Å²) in [7, 11) is 0. The van der Waals surface area contributed by atoms with E-state index in [1.54, 1.807) is 0 Å². The average molecular weight is 191 g/mol. The summed E-state index contributed by atoms with van der Waals surface area (Å²) in [5, 5.41) is 0.218. The lowest BCUT2D eigenvalue weighted by molar-refractivity contribution is 1.18. The first-order valence-corrected chi connectivity index (χ1v) is 3.36. The van der Waals surface area contributed by atoms with Crippen molar-refractivity contribution in [2.75, 3.05) is 5.73 Å². The molecule has 0 aliphatic carbocycles. The van der Waals surface area contributed by atoms with E-state index in [2.05, 4.69) is 21.7 Å². The zero-order valence-corrected chi connectivity index (χ0v) is 6.89. The van der Waals surface area contributed by atoms with Gasteiger partial charge in [0.05, 0.1) is 0 Å². The molecule has 11 heavy (non-hydrogen) atoms. The minimum Gasteiger partial charge on any atom is -0.368 e. The van der Waals surface area contributed by atoms with Crippen LogP contribution in [0.3, 0.4) is 0 Å². The highest BCUT2D eigenvalue weighted by Gasteiger charge is 2.07. The zero-order chi connectivity index (χ0) is 8.43. The van der Waals surface area contributed by atoms with Gasteiger partial charge in [0.15, 0.2) is 10.3 Å². The summed E-state index contributed by atoms with van der Waals surface area (Å²) in [6.45, 7) is 3.24. The van der Waals surface area contributed by atoms with Gasteiger partial charge >= 0.3 is 0 Å². The molecule has 0 amide bonds. The maximum absolute atomic E-state index is 5.59. The predicted molar refractivity (Wildman–Crippen MR) is 45.7 cm³/mol. The SMILES string of the molecule is C=Nc1c(Cl)nc(N)nc1Cl. The third kappa shape index (κ3) is 1.58. The fourth-order valence-electron chi connectivity index (χ4n) is 0.548. The second kappa shape index (κ2) is 3.02. The quantitative estimate of drug-likeness (QED) is 0.542. The van der Waals surface area contributed by atoms with Crippen molar-refractivity contribution in [1.82, 2.24) is 9.97 Å². The fraction of sp³-hybridized carbons (Fsp3) is 0. The van der Waals surface area contributed by atoms with Gasteiger partial charge in [0.25, 0.3) is 0 Å². The van der Waals surface area contributed by atoms with Crippen molar-refractivity contribution in [3.05, 3.63) is 10.3 Å². The Morgan fingerprint density at radius 3 is 2.09 bits per heavy atom. The highest BCUT2D eigenvalue weighted by molar-refractivity contribution is 6.37. The van der Waals surface area contributed by atoms with Gasteiger partial charge in [-0.15, -0.1) is 0 Å². The molecule has 0 bridgehead atoms. The van der Waals surface area contributed by atoms with Gasteiger partial charge in [-0.25, -0.2) is 0 Å². The molecule has 0 aliphatic heterocycles. The average Bonchev–Trinajstić information content (AvgIpc) is 1.85. The van der Waals surface area contributed by atoms with E-state index in [1.165, 1.54) is 0 Å². The maximum Gasteiger partial charge on any atom is 0.223 e. The molecular formula is C5H4Cl2N4. The second-order valence-corrected chi connectivity index (χ2v) is 2.39. The van der Waals surface area contributed by atoms with E-state index in [0.717, 1.165) is 0 Å². The number of nitrogen functional groups attached to an aromatic ring is 1. The molecule has 0 atom stereocenters. The minimum absolute atomic E-state index is 0.0207. The summed E-state index contributed by atoms with van der Waals surface area (Å²) in [4.78, 5) is 10.8. The van der Waals surface area contributed by atoms with Gasteiger partial charge in [-0.1, -0.05) is 23.2 Å². The third-order valence-corrected chi connectivity index (χ3v) is 1.50. The Labute approximate surface area is 73.1 Å². The number of anilines is 1. The molecule has 58 valence electrons. The lowest BCUT2D eigenvalue weighted by Gasteiger charge is -1.98. The molecule has 0 saturated carbocycles. The zero-order valence-electron chi connectivity index (χ0n) is 5.38. The number of nitrogens with two attached hydrogens (primary N) is 1. The number of rotatable bonds is 1. The fourth-order valence-corrected chi connectivity index (χ4v) is 1.07. The van der Waals surface area contributed by atoms with Crippen LogP contribution in [0.2, 0.25) is 10.3 Å². The minimum atomic E-state index is 0.0207. The van der Waals surface area contributed by atoms with Gasteiger partial charge in [0.1, 0.15) is 5.69 Å². The van der Waals surface area contributed by atoms with Gasteiger partial charge in [-0.2, -0.15) is 9.97 Å². The molecule has 0 radical (unpaired) electrons. The number of hydrogen-bond donors (Lipinski definition) is 1. The molecule has 0 fully saturated rings. The second-order valence-electron chi connectivity index (χ2n) is 1.67. The Balaban J connectivity index is 3.36. The van der Waals surface area contributed by atoms with Crippen molar-refractivity contribution in [2.24, 2.45) is 4.99 Å². The monoisotopic (exact) mass is 190 g/mol. The molecule has 2 N–H and O–H groups in total. The standard InChI is InChI=1S/C5H4Cl2N4/c1-9-2-3(6)10-5(8)11-4(2)7/h1H2,(H2,8,10,11). The third-order valence-electron chi connectivity index (χ3n) is 0.974. The molecule has 4 nitrogen and oxygen atoms in total. The van der Waals surface area contributed by atoms with Crippen LogP contribution in [0.1, 0.15) is 0 Å². The first kappa shape index (κ1) is 8.23. The normalized spacial score (nSPS) is 9.64. The topological polar surface area (TPSA) is 64.2 Å². The summed E-state index contributed by atoms with van der Waals surface area (Å²) in [6.07, 6.45) is 0. The lowest BCUT2D eigenvalue weighted by atomic mass is 10.5. The van der Waals surface area contributed by atoms with Crippen molar-refractivity contribution < 1.29 is 0 Å². The van der Waals surface area contributed by atoms with Gasteiger partial charge < -0.3 is 5.73 Å². The van der Waals surface area contributed by atoms with Crippen LogP contribution in [0.5, 0.6) is 0 Å². The molecule has 0 saturated heterocycles. The smallest absolute Gasteiger partial charge is 0.223 e. The van der Waals surface area contributed by atoms with Crippen molar-refractivity contribution >= 4 is 41.6 Å². The summed E-state index contributed by atoms with van der Waals surface area (Å²) in [6, 6.07) is 0. The predicted octanol–water partition coefficient (Wildman–Crippen LogP) is 1.70. The molecule has 0 unspecified atom stereocenters. The van der Waals surface area contributed by atoms with E-state index < -0.39 is 0 Å². The van der Waals surface area contributed by atoms with Crippen molar-refractivity contribution in [2.45, 2.75) is 0 Å². The van der Waals surface area contributed by atoms with Crippen LogP contribution in [0.4, 0.5) is 11.6 Å². The molecule has 0 aliphatic rings. The summed E-state index contributed by atoms with van der Waals surface area (Å²) in [5.74, 6) is 0.0207. The number of aromatic nitrogens is 2. The number of nitrogens with zero attached hydrogens (tertiary/aromatic N) is 3. The Hall–Kier alpha value is -0.870. The van der Waals surface area contributed by atoms with Crippen LogP contribution in [0.15, 0.2) is 4.99 Å². The highest BCUT2D eigenvalue weighted by atomic mass is 35.5. The number of halogens is 2. The van der Waals surface area contributed by atoms with Crippen molar-refractivity contribution in [3.63, 3.8) is 0 Å². The Bertz CT molecular complexity index is 276. The number of hydrogen-bond acceptors (Lipinski definition) is 4. The molecule has 0 spiro atoms. The van der Waals surface area contributed by atoms with Gasteiger partial charge in [0, 0.05) is 0 Å². The van der Waals surface area contributed by atoms with E-state index >= 15 is 0 Å². The lowest BCUT2D eigenvalue weighted by Crippen LogP contribution is -1.94. The molecule has 1 aromatic rings. The van der Waals surface area contributed by atoms with E-state index in [9.17, 15) is 0 Å². The van der Waals surface area contributed by atoms with Crippen LogP contribution in [-0.4, -0.2) is 16.7 Å². The van der Waals surface area contributed by atoms with Crippen LogP contribution >= 0.6 is 23.2 Å². The Morgan fingerprint density at radius 2 is 1.73 bits per heavy atom. The summed E-state index contributed by atoms with van der Waals surface area (Å²) >= 11 is 11.2. The molecular weight excluding hydrogens is 187 g/mol. The Kier molecular flexibility index (Phi) is 2.26. The van der Waals surface area contributed by atoms with E-state index in [4.69, 9.17) is 28.9 Å². The largest absolute Gasteiger partial charge is 0.368 e. The van der Waals surface area contributed by atoms with Crippen molar-refractivity contribution in [3.8, 4) is 0 Å². The van der Waals surface area contributed by atoms with Crippen molar-refractivity contribution in [1.29, 1.82) is 0 Å². The summed E-state index contributed by atoms with van der Waals surface area (Å²) < 4.78 is 0. The molecule has 0 aromatic carbocycles. The van der Waals surface area contributed by atoms with Crippen LogP contribution < -0.4 is 5.73 Å². The summed E-state index contributed by atoms with van der Waals surface area (Å²) in [5.41, 5.74) is 5.48. The maximum atomic E-state index is 5.59. The van der Waals surface area contributed by atoms with Crippen LogP contribution in [0.25, 0.3) is 0 Å². The highest BCUT2D eigenvalue weighted by Crippen LogP contribution is 2.29. The number of aliphatic imine (C=N–C) groups is 1. The molecule has 1 heterocycles. The Morgan fingerprint density at radius 1 is 1.27 bits per heavy atom. The molecule has 1 aromatic heterocycles. The van der Waals surface area contributed by atoms with Crippen LogP contribution in [-0.2, 0) is 0 Å². The van der Waals surface area contributed by atoms with E-state index in [0.29, 0.717) is 0 Å². The molecule has 6 heteroatoms.